The molecule has 0 aliphatic heterocycles. The van der Waals surface area contributed by atoms with E-state index in [4.69, 9.17) is 4.98 Å². The number of rotatable bonds is 7. The summed E-state index contributed by atoms with van der Waals surface area (Å²) in [5.41, 5.74) is 4.29. The summed E-state index contributed by atoms with van der Waals surface area (Å²) in [6, 6.07) is 2.42. The van der Waals surface area contributed by atoms with Crippen molar-refractivity contribution in [3.05, 3.63) is 29.3 Å². The number of aromatic amines is 2. The number of carbonyl (C=O) groups is 2. The molecule has 0 saturated heterocycles. The van der Waals surface area contributed by atoms with Crippen molar-refractivity contribution in [1.82, 2.24) is 34.6 Å². The lowest BCUT2D eigenvalue weighted by molar-refractivity contribution is 0.0718. The van der Waals surface area contributed by atoms with Crippen LogP contribution in [0, 0.1) is 6.92 Å². The molecule has 2 fully saturated rings. The molecule has 4 aromatic heterocycles. The summed E-state index contributed by atoms with van der Waals surface area (Å²) in [7, 11) is 1.85. The monoisotopic (exact) mass is 446 g/mol. The number of nitrogens with zero attached hydrogens (tertiary/aromatic N) is 6. The first kappa shape index (κ1) is 20.0. The normalized spacial score (nSPS) is 16.0. The Labute approximate surface area is 190 Å². The van der Waals surface area contributed by atoms with Gasteiger partial charge in [0.15, 0.2) is 17.9 Å². The molecule has 6 rings (SSSR count). The van der Waals surface area contributed by atoms with Crippen molar-refractivity contribution in [2.45, 2.75) is 58.2 Å². The molecule has 10 heteroatoms. The van der Waals surface area contributed by atoms with Gasteiger partial charge in [-0.15, -0.1) is 0 Å². The largest absolute Gasteiger partial charge is 0.342 e. The molecule has 1 amide bonds. The van der Waals surface area contributed by atoms with E-state index >= 15 is 0 Å². The third-order valence-electron chi connectivity index (χ3n) is 6.80. The Morgan fingerprint density at radius 2 is 2.00 bits per heavy atom. The number of carbonyl (C=O) groups excluding carboxylic acids is 2. The van der Waals surface area contributed by atoms with E-state index in [0.29, 0.717) is 41.7 Å². The predicted octanol–water partition coefficient (Wildman–Crippen LogP) is 3.31. The van der Waals surface area contributed by atoms with E-state index in [2.05, 4.69) is 25.1 Å². The van der Waals surface area contributed by atoms with Crippen LogP contribution in [0.5, 0.6) is 0 Å². The van der Waals surface area contributed by atoms with Gasteiger partial charge in [0.2, 0.25) is 0 Å². The maximum absolute atomic E-state index is 13.8. The molecule has 10 nitrogen and oxygen atoms in total. The van der Waals surface area contributed by atoms with Gasteiger partial charge in [-0.25, -0.2) is 9.97 Å². The van der Waals surface area contributed by atoms with Gasteiger partial charge in [0, 0.05) is 31.7 Å². The number of anilines is 2. The minimum absolute atomic E-state index is 0.110. The number of hydrogen-bond acceptors (Lipinski definition) is 6. The lowest BCUT2D eigenvalue weighted by atomic mass is 10.1. The van der Waals surface area contributed by atoms with Gasteiger partial charge in [0.05, 0.1) is 17.4 Å². The van der Waals surface area contributed by atoms with Crippen LogP contribution in [0.2, 0.25) is 0 Å². The van der Waals surface area contributed by atoms with Crippen LogP contribution in [-0.2, 0) is 6.54 Å². The minimum atomic E-state index is 0.110. The Bertz CT molecular complexity index is 1390. The average molecular weight is 447 g/mol. The van der Waals surface area contributed by atoms with E-state index in [0.717, 1.165) is 59.6 Å². The number of nitrogens with one attached hydrogen (secondary N) is 2. The second-order valence-corrected chi connectivity index (χ2v) is 9.01. The van der Waals surface area contributed by atoms with E-state index in [9.17, 15) is 9.59 Å². The fraction of sp³-hybridized carbons (Fsp3) is 0.435. The first-order valence-corrected chi connectivity index (χ1v) is 11.5. The Hall–Kier alpha value is -3.69. The van der Waals surface area contributed by atoms with E-state index in [-0.39, 0.29) is 5.91 Å². The Kier molecular flexibility index (Phi) is 4.33. The Morgan fingerprint density at radius 1 is 1.27 bits per heavy atom. The Morgan fingerprint density at radius 3 is 2.61 bits per heavy atom. The molecule has 4 aromatic rings. The molecule has 2 aliphatic carbocycles. The topological polar surface area (TPSA) is 116 Å². The molecule has 2 aliphatic rings. The van der Waals surface area contributed by atoms with Gasteiger partial charge in [-0.05, 0) is 45.1 Å². The first-order chi connectivity index (χ1) is 16.0. The molecule has 4 heterocycles. The van der Waals surface area contributed by atoms with Gasteiger partial charge in [-0.1, -0.05) is 0 Å². The van der Waals surface area contributed by atoms with Gasteiger partial charge >= 0.3 is 0 Å². The number of imidazole rings is 1. The summed E-state index contributed by atoms with van der Waals surface area (Å²) >= 11 is 0. The fourth-order valence-electron chi connectivity index (χ4n) is 4.89. The molecule has 33 heavy (non-hydrogen) atoms. The SMILES string of the molecule is CCn1c(C(=O)N(C2CC2)C2CC2)c(C)c2c3nc[nH]c3c(N(C)c3cc(C=O)[nH]n3)nc21. The van der Waals surface area contributed by atoms with Crippen LogP contribution in [0.3, 0.4) is 0 Å². The molecule has 0 aromatic carbocycles. The van der Waals surface area contributed by atoms with Gasteiger partial charge < -0.3 is 19.4 Å². The van der Waals surface area contributed by atoms with Crippen LogP contribution in [0.15, 0.2) is 12.4 Å². The molecule has 0 unspecified atom stereocenters. The number of H-pyrrole nitrogens is 2. The maximum Gasteiger partial charge on any atom is 0.271 e. The van der Waals surface area contributed by atoms with Crippen LogP contribution in [0.1, 0.15) is 59.1 Å². The number of aldehydes is 1. The third-order valence-corrected chi connectivity index (χ3v) is 6.80. The van der Waals surface area contributed by atoms with Crippen LogP contribution >= 0.6 is 0 Å². The zero-order valence-electron chi connectivity index (χ0n) is 18.9. The van der Waals surface area contributed by atoms with Crippen molar-refractivity contribution in [3.8, 4) is 0 Å². The number of amides is 1. The molecule has 0 atom stereocenters. The smallest absolute Gasteiger partial charge is 0.271 e. The van der Waals surface area contributed by atoms with Crippen LogP contribution in [-0.4, -0.2) is 65.9 Å². The van der Waals surface area contributed by atoms with Crippen molar-refractivity contribution in [2.75, 3.05) is 11.9 Å². The van der Waals surface area contributed by atoms with Crippen molar-refractivity contribution < 1.29 is 9.59 Å². The average Bonchev–Trinajstić information content (AvgIpc) is 3.71. The summed E-state index contributed by atoms with van der Waals surface area (Å²) in [6.45, 7) is 4.67. The fourth-order valence-corrected chi connectivity index (χ4v) is 4.89. The molecule has 2 N–H and O–H groups in total. The molecule has 2 saturated carbocycles. The number of aromatic nitrogens is 6. The number of pyridine rings is 1. The van der Waals surface area contributed by atoms with Crippen LogP contribution in [0.4, 0.5) is 11.6 Å². The molecule has 170 valence electrons. The first-order valence-electron chi connectivity index (χ1n) is 11.5. The highest BCUT2D eigenvalue weighted by atomic mass is 16.2. The van der Waals surface area contributed by atoms with Crippen LogP contribution < -0.4 is 4.90 Å². The van der Waals surface area contributed by atoms with Crippen LogP contribution in [0.25, 0.3) is 22.1 Å². The summed E-state index contributed by atoms with van der Waals surface area (Å²) in [5.74, 6) is 1.31. The number of aryl methyl sites for hydroxylation is 2. The van der Waals surface area contributed by atoms with E-state index in [1.54, 1.807) is 12.4 Å². The Balaban J connectivity index is 1.55. The second-order valence-electron chi connectivity index (χ2n) is 9.01. The van der Waals surface area contributed by atoms with E-state index < -0.39 is 0 Å². The molecule has 0 radical (unpaired) electrons. The van der Waals surface area contributed by atoms with Crippen molar-refractivity contribution in [1.29, 1.82) is 0 Å². The van der Waals surface area contributed by atoms with E-state index in [1.807, 2.05) is 30.4 Å². The maximum atomic E-state index is 13.8. The molecule has 0 bridgehead atoms. The number of fused-ring (bicyclic) bond motifs is 3. The zero-order valence-corrected chi connectivity index (χ0v) is 18.9. The summed E-state index contributed by atoms with van der Waals surface area (Å²) in [6.07, 6.45) is 6.75. The molecular weight excluding hydrogens is 420 g/mol. The van der Waals surface area contributed by atoms with Crippen molar-refractivity contribution in [2.24, 2.45) is 0 Å². The third kappa shape index (κ3) is 2.96. The standard InChI is InChI=1S/C23H26N8O2/c1-4-30-20(23(33)31(14-5-6-14)15-7-8-15)12(2)17-18-19(25-11-24-18)22(26-21(17)30)29(3)16-9-13(10-32)27-28-16/h9-11,14-15H,4-8H2,1-3H3,(H,24,25)(H,27,28). The predicted molar refractivity (Wildman–Crippen MR) is 124 cm³/mol. The van der Waals surface area contributed by atoms with Gasteiger partial charge in [-0.3, -0.25) is 14.7 Å². The highest BCUT2D eigenvalue weighted by Crippen LogP contribution is 2.41. The summed E-state index contributed by atoms with van der Waals surface area (Å²) in [5, 5.41) is 7.84. The zero-order chi connectivity index (χ0) is 22.9. The van der Waals surface area contributed by atoms with Gasteiger partial charge in [0.1, 0.15) is 22.4 Å². The molecule has 0 spiro atoms. The van der Waals surface area contributed by atoms with Gasteiger partial charge in [0.25, 0.3) is 5.91 Å². The second kappa shape index (κ2) is 7.16. The quantitative estimate of drug-likeness (QED) is 0.421. The highest BCUT2D eigenvalue weighted by molar-refractivity contribution is 6.12. The minimum Gasteiger partial charge on any atom is -0.342 e. The number of hydrogen-bond donors (Lipinski definition) is 2. The van der Waals surface area contributed by atoms with Crippen molar-refractivity contribution >= 4 is 45.9 Å². The van der Waals surface area contributed by atoms with Crippen molar-refractivity contribution in [3.63, 3.8) is 0 Å². The molecular formula is C23H26N8O2. The lowest BCUT2D eigenvalue weighted by Gasteiger charge is -2.23. The lowest BCUT2D eigenvalue weighted by Crippen LogP contribution is -2.36. The summed E-state index contributed by atoms with van der Waals surface area (Å²) in [4.78, 5) is 41.7. The van der Waals surface area contributed by atoms with E-state index in [1.165, 1.54) is 0 Å². The van der Waals surface area contributed by atoms with Gasteiger partial charge in [-0.2, -0.15) is 5.10 Å². The summed E-state index contributed by atoms with van der Waals surface area (Å²) < 4.78 is 2.03. The highest BCUT2D eigenvalue weighted by Gasteiger charge is 2.44.